The molecule has 0 unspecified atom stereocenters. The fourth-order valence-electron chi connectivity index (χ4n) is 1.59. The second kappa shape index (κ2) is 6.38. The molecule has 1 N–H and O–H groups in total. The van der Waals surface area contributed by atoms with Gasteiger partial charge in [-0.15, -0.1) is 5.46 Å². The number of rotatable bonds is 3. The molecule has 0 spiro atoms. The van der Waals surface area contributed by atoms with Crippen LogP contribution in [0.4, 0.5) is 12.9 Å². The number of carbonyl (C=O) groups excluding carboxylic acids is 1. The van der Waals surface area contributed by atoms with Gasteiger partial charge in [-0.05, 0) is 18.9 Å². The molecule has 1 saturated carbocycles. The molecule has 0 aliphatic heterocycles. The van der Waals surface area contributed by atoms with E-state index in [0.29, 0.717) is 18.9 Å². The van der Waals surface area contributed by atoms with Crippen LogP contribution in [0, 0.1) is 11.3 Å². The first kappa shape index (κ1) is 18.0. The predicted octanol–water partition coefficient (Wildman–Crippen LogP) is -0.816. The summed E-state index contributed by atoms with van der Waals surface area (Å²) in [7, 11) is 0. The molecule has 1 amide bonds. The molecule has 100 valence electrons. The molecule has 0 atom stereocenters. The van der Waals surface area contributed by atoms with Gasteiger partial charge >= 0.3 is 58.4 Å². The molecule has 0 bridgehead atoms. The summed E-state index contributed by atoms with van der Waals surface area (Å²) < 4.78 is 37.8. The summed E-state index contributed by atoms with van der Waals surface area (Å²) in [6.45, 7) is -5.20. The van der Waals surface area contributed by atoms with Gasteiger partial charge in [0.05, 0.1) is 16.7 Å². The molecule has 1 aliphatic carbocycles. The van der Waals surface area contributed by atoms with Gasteiger partial charge in [0, 0.05) is 0 Å². The fourth-order valence-corrected chi connectivity index (χ4v) is 1.80. The van der Waals surface area contributed by atoms with Crippen molar-refractivity contribution in [1.82, 2.24) is 5.32 Å². The Bertz CT molecular complexity index is 584. The first-order valence-electron chi connectivity index (χ1n) is 5.51. The van der Waals surface area contributed by atoms with Crippen molar-refractivity contribution in [2.24, 2.45) is 0 Å². The minimum absolute atomic E-state index is 0. The van der Waals surface area contributed by atoms with Gasteiger partial charge in [0.2, 0.25) is 0 Å². The molecule has 0 radical (unpaired) electrons. The topological polar surface area (TPSA) is 52.9 Å². The number of nitrogens with zero attached hydrogens (tertiary/aromatic N) is 1. The van der Waals surface area contributed by atoms with E-state index in [1.54, 1.807) is 0 Å². The van der Waals surface area contributed by atoms with Crippen LogP contribution in [0.15, 0.2) is 18.2 Å². The van der Waals surface area contributed by atoms with Crippen molar-refractivity contribution in [2.45, 2.75) is 18.4 Å². The van der Waals surface area contributed by atoms with Crippen LogP contribution < -0.4 is 62.2 Å². The van der Waals surface area contributed by atoms with Crippen LogP contribution in [-0.4, -0.2) is 18.4 Å². The number of carbonyl (C=O) groups is 1. The minimum atomic E-state index is -5.20. The molecule has 1 aromatic carbocycles. The molecule has 1 aromatic rings. The molecule has 9 heteroatoms. The Kier molecular flexibility index (Phi) is 5.75. The largest absolute Gasteiger partial charge is 1.00 e. The van der Waals surface area contributed by atoms with Gasteiger partial charge < -0.3 is 18.3 Å². The van der Waals surface area contributed by atoms with Crippen LogP contribution >= 0.6 is 11.6 Å². The number of amides is 1. The SMILES string of the molecule is N#CC1(NC(=O)c2cc([B-](F)(F)F)ccc2Cl)CC1.[K+]. The molecule has 0 heterocycles. The first-order chi connectivity index (χ1) is 8.77. The predicted molar refractivity (Wildman–Crippen MR) is 65.2 cm³/mol. The van der Waals surface area contributed by atoms with E-state index in [4.69, 9.17) is 16.9 Å². The maximum absolute atomic E-state index is 12.6. The average molecular weight is 327 g/mol. The van der Waals surface area contributed by atoms with E-state index in [9.17, 15) is 17.7 Å². The number of nitriles is 1. The van der Waals surface area contributed by atoms with Crippen molar-refractivity contribution in [3.8, 4) is 6.07 Å². The van der Waals surface area contributed by atoms with Gasteiger partial charge in [-0.25, -0.2) is 0 Å². The summed E-state index contributed by atoms with van der Waals surface area (Å²) in [6, 6.07) is 4.50. The summed E-state index contributed by atoms with van der Waals surface area (Å²) in [6.07, 6.45) is 0.992. The molecule has 1 fully saturated rings. The van der Waals surface area contributed by atoms with Crippen LogP contribution in [0.5, 0.6) is 0 Å². The Labute approximate surface area is 161 Å². The second-order valence-corrected chi connectivity index (χ2v) is 4.87. The Hall–Kier alpha value is -0.0387. The molecular weight excluding hydrogens is 318 g/mol. The van der Waals surface area contributed by atoms with Crippen LogP contribution in [-0.2, 0) is 0 Å². The maximum atomic E-state index is 12.6. The smallest absolute Gasteiger partial charge is 0.445 e. The van der Waals surface area contributed by atoms with E-state index in [-0.39, 0.29) is 62.0 Å². The third-order valence-corrected chi connectivity index (χ3v) is 3.26. The molecule has 0 aromatic heterocycles. The first-order valence-corrected chi connectivity index (χ1v) is 5.88. The monoisotopic (exact) mass is 326 g/mol. The van der Waals surface area contributed by atoms with Crippen molar-refractivity contribution in [3.05, 3.63) is 28.8 Å². The van der Waals surface area contributed by atoms with Crippen molar-refractivity contribution >= 4 is 29.9 Å². The average Bonchev–Trinajstić information content (AvgIpc) is 3.08. The van der Waals surface area contributed by atoms with E-state index in [1.165, 1.54) is 0 Å². The van der Waals surface area contributed by atoms with E-state index in [1.807, 2.05) is 6.07 Å². The zero-order valence-corrected chi connectivity index (χ0v) is 14.5. The van der Waals surface area contributed by atoms with E-state index >= 15 is 0 Å². The van der Waals surface area contributed by atoms with Crippen molar-refractivity contribution in [3.63, 3.8) is 0 Å². The van der Waals surface area contributed by atoms with E-state index in [2.05, 4.69) is 5.32 Å². The van der Waals surface area contributed by atoms with Crippen molar-refractivity contribution in [1.29, 1.82) is 5.26 Å². The summed E-state index contributed by atoms with van der Waals surface area (Å²) in [5, 5.41) is 11.2. The van der Waals surface area contributed by atoms with Crippen LogP contribution in [0.25, 0.3) is 0 Å². The maximum Gasteiger partial charge on any atom is 1.00 e. The number of halogens is 4. The zero-order chi connectivity index (χ0) is 14.3. The standard InChI is InChI=1S/C11H8BClF3N2O.K/c13-9-2-1-7(12(14,15)16)5-8(9)10(19)18-11(6-17)3-4-11;/h1-2,5H,3-4H2,(H,18,19);/q-1;+1. The van der Waals surface area contributed by atoms with Crippen LogP contribution in [0.3, 0.4) is 0 Å². The zero-order valence-electron chi connectivity index (χ0n) is 10.6. The minimum Gasteiger partial charge on any atom is -0.445 e. The van der Waals surface area contributed by atoms with E-state index in [0.717, 1.165) is 12.1 Å². The quantitative estimate of drug-likeness (QED) is 0.738. The van der Waals surface area contributed by atoms with E-state index < -0.39 is 23.9 Å². The Balaban J connectivity index is 0.00000200. The normalized spacial score (nSPS) is 15.8. The third-order valence-electron chi connectivity index (χ3n) is 2.93. The number of hydrogen-bond acceptors (Lipinski definition) is 2. The Morgan fingerprint density at radius 3 is 2.45 bits per heavy atom. The van der Waals surface area contributed by atoms with Gasteiger partial charge in [0.15, 0.2) is 0 Å². The van der Waals surface area contributed by atoms with Gasteiger partial charge in [-0.1, -0.05) is 23.7 Å². The molecule has 2 rings (SSSR count). The third kappa shape index (κ3) is 4.00. The molecule has 3 nitrogen and oxygen atoms in total. The van der Waals surface area contributed by atoms with Gasteiger partial charge in [0.1, 0.15) is 5.54 Å². The molecular formula is C11H8BClF3KN2O. The van der Waals surface area contributed by atoms with Crippen molar-refractivity contribution < 1.29 is 69.1 Å². The Morgan fingerprint density at radius 2 is 2.00 bits per heavy atom. The van der Waals surface area contributed by atoms with Gasteiger partial charge in [-0.3, -0.25) is 4.79 Å². The van der Waals surface area contributed by atoms with Gasteiger partial charge in [-0.2, -0.15) is 5.26 Å². The summed E-state index contributed by atoms with van der Waals surface area (Å²) >= 11 is 5.73. The molecule has 0 saturated heterocycles. The summed E-state index contributed by atoms with van der Waals surface area (Å²) in [5.74, 6) is -0.758. The van der Waals surface area contributed by atoms with Crippen LogP contribution in [0.1, 0.15) is 23.2 Å². The molecule has 1 aliphatic rings. The number of nitrogens with one attached hydrogen (secondary N) is 1. The van der Waals surface area contributed by atoms with Crippen molar-refractivity contribution in [2.75, 3.05) is 0 Å². The summed E-state index contributed by atoms with van der Waals surface area (Å²) in [4.78, 5) is 11.9. The summed E-state index contributed by atoms with van der Waals surface area (Å²) in [5.41, 5.74) is -2.10. The second-order valence-electron chi connectivity index (χ2n) is 4.46. The number of benzene rings is 1. The number of hydrogen-bond donors (Lipinski definition) is 1. The van der Waals surface area contributed by atoms with Gasteiger partial charge in [0.25, 0.3) is 5.91 Å². The van der Waals surface area contributed by atoms with Crippen LogP contribution in [0.2, 0.25) is 5.02 Å². The fraction of sp³-hybridized carbons (Fsp3) is 0.273. The molecule has 20 heavy (non-hydrogen) atoms. The Morgan fingerprint density at radius 1 is 1.40 bits per heavy atom.